The first-order valence-corrected chi connectivity index (χ1v) is 13.9. The Kier molecular flexibility index (Phi) is 8.18. The van der Waals surface area contributed by atoms with Crippen molar-refractivity contribution in [2.24, 2.45) is 7.05 Å². The molecule has 1 aromatic carbocycles. The highest BCUT2D eigenvalue weighted by molar-refractivity contribution is 7.89. The number of hydrogen-bond donors (Lipinski definition) is 1. The first-order chi connectivity index (χ1) is 18.1. The number of carbonyl (C=O) groups excluding carboxylic acids is 1. The van der Waals surface area contributed by atoms with E-state index in [4.69, 9.17) is 11.6 Å². The third kappa shape index (κ3) is 6.64. The summed E-state index contributed by atoms with van der Waals surface area (Å²) in [6, 6.07) is 3.38. The Bertz CT molecular complexity index is 1300. The van der Waals surface area contributed by atoms with Crippen molar-refractivity contribution in [3.8, 4) is 5.75 Å². The van der Waals surface area contributed by atoms with Crippen LogP contribution in [0.5, 0.6) is 5.75 Å². The number of hydrogen-bond acceptors (Lipinski definition) is 6. The summed E-state index contributed by atoms with van der Waals surface area (Å²) in [6.07, 6.45) is -3.25. The molecule has 0 bridgehead atoms. The summed E-state index contributed by atoms with van der Waals surface area (Å²) < 4.78 is 99.5. The van der Waals surface area contributed by atoms with Gasteiger partial charge in [-0.15, -0.1) is 13.2 Å². The number of alkyl halides is 5. The van der Waals surface area contributed by atoms with Crippen molar-refractivity contribution in [2.75, 3.05) is 32.7 Å². The van der Waals surface area contributed by atoms with Gasteiger partial charge >= 0.3 is 6.36 Å². The summed E-state index contributed by atoms with van der Waals surface area (Å²) >= 11 is 6.02. The summed E-state index contributed by atoms with van der Waals surface area (Å²) in [4.78, 5) is 18.8. The number of amides is 1. The molecule has 216 valence electrons. The van der Waals surface area contributed by atoms with Crippen LogP contribution in [-0.2, 0) is 17.1 Å². The Morgan fingerprint density at radius 2 is 1.77 bits per heavy atom. The molecular formula is C23H27ClF5N5O4S. The number of carbonyl (C=O) groups is 1. The second-order valence-electron chi connectivity index (χ2n) is 9.69. The van der Waals surface area contributed by atoms with Crippen LogP contribution < -0.4 is 10.1 Å². The molecule has 16 heteroatoms. The van der Waals surface area contributed by atoms with Gasteiger partial charge in [-0.05, 0) is 25.0 Å². The van der Waals surface area contributed by atoms with Gasteiger partial charge in [0.05, 0.1) is 11.3 Å². The molecule has 2 aliphatic rings. The predicted molar refractivity (Wildman–Crippen MR) is 130 cm³/mol. The number of rotatable bonds is 7. The average molecular weight is 600 g/mol. The zero-order chi connectivity index (χ0) is 28.6. The number of piperazine rings is 1. The van der Waals surface area contributed by atoms with Crippen molar-refractivity contribution >= 4 is 27.5 Å². The smallest absolute Gasteiger partial charge is 0.405 e. The van der Waals surface area contributed by atoms with Crippen LogP contribution in [0.15, 0.2) is 35.7 Å². The van der Waals surface area contributed by atoms with Crippen LogP contribution in [0.3, 0.4) is 0 Å². The van der Waals surface area contributed by atoms with Gasteiger partial charge in [0.25, 0.3) is 15.9 Å². The van der Waals surface area contributed by atoms with Crippen LogP contribution in [0.25, 0.3) is 0 Å². The van der Waals surface area contributed by atoms with E-state index in [0.29, 0.717) is 0 Å². The fraction of sp³-hybridized carbons (Fsp3) is 0.565. The van der Waals surface area contributed by atoms with Gasteiger partial charge in [-0.25, -0.2) is 22.2 Å². The van der Waals surface area contributed by atoms with Gasteiger partial charge < -0.3 is 14.6 Å². The predicted octanol–water partition coefficient (Wildman–Crippen LogP) is 3.66. The van der Waals surface area contributed by atoms with E-state index in [1.54, 1.807) is 7.05 Å². The van der Waals surface area contributed by atoms with Crippen molar-refractivity contribution in [3.63, 3.8) is 0 Å². The number of benzene rings is 1. The number of sulfonamides is 1. The summed E-state index contributed by atoms with van der Waals surface area (Å²) in [6.45, 7) is 0.369. The molecule has 0 radical (unpaired) electrons. The third-order valence-electron chi connectivity index (χ3n) is 7.11. The largest absolute Gasteiger partial charge is 0.573 e. The summed E-state index contributed by atoms with van der Waals surface area (Å²) in [5.74, 6) is -4.63. The lowest BCUT2D eigenvalue weighted by Gasteiger charge is -2.50. The second kappa shape index (κ2) is 10.8. The van der Waals surface area contributed by atoms with Crippen molar-refractivity contribution in [3.05, 3.63) is 41.3 Å². The molecule has 1 aromatic heterocycles. The lowest BCUT2D eigenvalue weighted by Crippen LogP contribution is -2.63. The zero-order valence-corrected chi connectivity index (χ0v) is 22.4. The molecule has 1 N–H and O–H groups in total. The third-order valence-corrected chi connectivity index (χ3v) is 9.21. The molecule has 0 unspecified atom stereocenters. The molecule has 0 atom stereocenters. The van der Waals surface area contributed by atoms with E-state index in [0.717, 1.165) is 6.07 Å². The molecule has 9 nitrogen and oxygen atoms in total. The Morgan fingerprint density at radius 3 is 2.33 bits per heavy atom. The maximum Gasteiger partial charge on any atom is 0.573 e. The number of aromatic nitrogens is 2. The average Bonchev–Trinajstić information content (AvgIpc) is 3.30. The van der Waals surface area contributed by atoms with E-state index >= 15 is 0 Å². The van der Waals surface area contributed by atoms with E-state index in [-0.39, 0.29) is 55.6 Å². The van der Waals surface area contributed by atoms with Crippen molar-refractivity contribution in [1.82, 2.24) is 24.1 Å². The standard InChI is InChI=1S/C23H27ClF5N5O4S/c1-32-13-18(31-15-32)39(36,37)34-11-9-33(10-12-34)21(5-7-22(25,26)8-6-21)14-30-20(35)19-16(24)3-2-4-17(19)38-23(27,28)29/h2-4,13,15H,5-12,14H2,1H3,(H,30,35). The van der Waals surface area contributed by atoms with Crippen LogP contribution in [0.4, 0.5) is 22.0 Å². The molecule has 2 heterocycles. The molecule has 2 fully saturated rings. The van der Waals surface area contributed by atoms with Gasteiger partial charge in [0.15, 0.2) is 5.03 Å². The molecule has 0 spiro atoms. The number of imidazole rings is 1. The first-order valence-electron chi connectivity index (χ1n) is 12.1. The molecule has 2 aromatic rings. The highest BCUT2D eigenvalue weighted by Crippen LogP contribution is 2.42. The van der Waals surface area contributed by atoms with Crippen LogP contribution in [0.1, 0.15) is 36.0 Å². The zero-order valence-electron chi connectivity index (χ0n) is 20.8. The molecule has 1 saturated heterocycles. The maximum atomic E-state index is 14.1. The Morgan fingerprint density at radius 1 is 1.13 bits per heavy atom. The molecule has 1 amide bonds. The van der Waals surface area contributed by atoms with Crippen molar-refractivity contribution in [2.45, 2.75) is 48.5 Å². The van der Waals surface area contributed by atoms with E-state index < -0.39 is 57.9 Å². The topological polar surface area (TPSA) is 96.8 Å². The Labute approximate surface area is 226 Å². The van der Waals surface area contributed by atoms with Gasteiger partial charge in [-0.2, -0.15) is 4.31 Å². The number of ether oxygens (including phenoxy) is 1. The van der Waals surface area contributed by atoms with Crippen LogP contribution in [-0.4, -0.2) is 83.6 Å². The maximum absolute atomic E-state index is 14.1. The fourth-order valence-corrected chi connectivity index (χ4v) is 6.65. The van der Waals surface area contributed by atoms with Gasteiger partial charge in [-0.1, -0.05) is 17.7 Å². The molecule has 1 aliphatic heterocycles. The normalized spacial score (nSPS) is 20.5. The van der Waals surface area contributed by atoms with Gasteiger partial charge in [0, 0.05) is 64.3 Å². The van der Waals surface area contributed by atoms with Crippen molar-refractivity contribution in [1.29, 1.82) is 0 Å². The van der Waals surface area contributed by atoms with Crippen LogP contribution in [0.2, 0.25) is 5.02 Å². The minimum Gasteiger partial charge on any atom is -0.405 e. The summed E-state index contributed by atoms with van der Waals surface area (Å²) in [5.41, 5.74) is -1.50. The van der Waals surface area contributed by atoms with Gasteiger partial charge in [0.2, 0.25) is 5.92 Å². The quantitative estimate of drug-likeness (QED) is 0.488. The summed E-state index contributed by atoms with van der Waals surface area (Å²) in [7, 11) is -2.21. The van der Waals surface area contributed by atoms with E-state index in [9.17, 15) is 35.2 Å². The monoisotopic (exact) mass is 599 g/mol. The first kappa shape index (κ1) is 29.5. The Balaban J connectivity index is 1.51. The fourth-order valence-electron chi connectivity index (χ4n) is 5.01. The lowest BCUT2D eigenvalue weighted by molar-refractivity contribution is -0.274. The highest BCUT2D eigenvalue weighted by Gasteiger charge is 2.48. The molecule has 4 rings (SSSR count). The molecule has 39 heavy (non-hydrogen) atoms. The van der Waals surface area contributed by atoms with Crippen LogP contribution >= 0.6 is 11.6 Å². The highest BCUT2D eigenvalue weighted by atomic mass is 35.5. The number of nitrogens with one attached hydrogen (secondary N) is 1. The van der Waals surface area contributed by atoms with Gasteiger partial charge in [-0.3, -0.25) is 9.69 Å². The van der Waals surface area contributed by atoms with E-state index in [1.807, 2.05) is 4.90 Å². The summed E-state index contributed by atoms with van der Waals surface area (Å²) in [5, 5.41) is 2.20. The minimum absolute atomic E-state index is 0.0122. The second-order valence-corrected chi connectivity index (χ2v) is 12.0. The Hall–Kier alpha value is -2.49. The minimum atomic E-state index is -5.06. The number of halogens is 6. The number of nitrogens with zero attached hydrogens (tertiary/aromatic N) is 4. The van der Waals surface area contributed by atoms with E-state index in [2.05, 4.69) is 15.0 Å². The molecular weight excluding hydrogens is 573 g/mol. The molecule has 1 saturated carbocycles. The van der Waals surface area contributed by atoms with Crippen molar-refractivity contribution < 1.29 is 39.9 Å². The van der Waals surface area contributed by atoms with Gasteiger partial charge in [0.1, 0.15) is 11.3 Å². The van der Waals surface area contributed by atoms with E-state index in [1.165, 1.54) is 33.5 Å². The van der Waals surface area contributed by atoms with Crippen LogP contribution in [0, 0.1) is 0 Å². The number of aryl methyl sites for hydroxylation is 1. The SMILES string of the molecule is Cn1cnc(S(=O)(=O)N2CCN(C3(CNC(=O)c4c(Cl)cccc4OC(F)(F)F)CCC(F)(F)CC3)CC2)c1. The molecule has 1 aliphatic carbocycles. The lowest BCUT2D eigenvalue weighted by atomic mass is 9.78.